The standard InChI is InChI=1S/C24H25N5O2S/c1-16-26-27-24(32-16)25-21(30)10-11-22(31)28-12-14-29(15-13-28)23-19-8-4-2-6-17(19)18-7-3-5-9-20(18)23/h2-9,23H,10-15H2,1H3,(H,25,27,30). The van der Waals surface area contributed by atoms with Gasteiger partial charge in [0.1, 0.15) is 5.01 Å². The first-order valence-corrected chi connectivity index (χ1v) is 11.7. The lowest BCUT2D eigenvalue weighted by atomic mass is 10.0. The van der Waals surface area contributed by atoms with Crippen molar-refractivity contribution in [2.45, 2.75) is 25.8 Å². The summed E-state index contributed by atoms with van der Waals surface area (Å²) >= 11 is 1.33. The van der Waals surface area contributed by atoms with E-state index < -0.39 is 0 Å². The second-order valence-corrected chi connectivity index (χ2v) is 9.35. The van der Waals surface area contributed by atoms with E-state index >= 15 is 0 Å². The zero-order valence-electron chi connectivity index (χ0n) is 18.0. The maximum absolute atomic E-state index is 12.7. The lowest BCUT2D eigenvalue weighted by Crippen LogP contribution is -2.49. The number of anilines is 1. The molecule has 1 aromatic heterocycles. The Bertz CT molecular complexity index is 1110. The Kier molecular flexibility index (Phi) is 5.71. The van der Waals surface area contributed by atoms with Gasteiger partial charge in [0.05, 0.1) is 6.04 Å². The number of nitrogens with one attached hydrogen (secondary N) is 1. The van der Waals surface area contributed by atoms with Crippen LogP contribution in [0.25, 0.3) is 11.1 Å². The van der Waals surface area contributed by atoms with E-state index in [0.717, 1.165) is 18.1 Å². The van der Waals surface area contributed by atoms with Crippen molar-refractivity contribution in [1.29, 1.82) is 0 Å². The number of benzene rings is 2. The van der Waals surface area contributed by atoms with Crippen LogP contribution < -0.4 is 5.32 Å². The van der Waals surface area contributed by atoms with Gasteiger partial charge in [-0.25, -0.2) is 0 Å². The molecule has 0 spiro atoms. The van der Waals surface area contributed by atoms with Crippen molar-refractivity contribution in [3.05, 3.63) is 64.7 Å². The van der Waals surface area contributed by atoms with Crippen molar-refractivity contribution >= 4 is 28.3 Å². The minimum absolute atomic E-state index is 0.0282. The van der Waals surface area contributed by atoms with Crippen molar-refractivity contribution in [3.8, 4) is 11.1 Å². The number of aromatic nitrogens is 2. The van der Waals surface area contributed by atoms with E-state index in [-0.39, 0.29) is 30.7 Å². The van der Waals surface area contributed by atoms with Crippen molar-refractivity contribution in [2.75, 3.05) is 31.5 Å². The quantitative estimate of drug-likeness (QED) is 0.648. The second-order valence-electron chi connectivity index (χ2n) is 8.17. The number of hydrogen-bond donors (Lipinski definition) is 1. The van der Waals surface area contributed by atoms with Gasteiger partial charge >= 0.3 is 0 Å². The fraction of sp³-hybridized carbons (Fsp3) is 0.333. The Morgan fingerprint density at radius 2 is 1.56 bits per heavy atom. The summed E-state index contributed by atoms with van der Waals surface area (Å²) in [6, 6.07) is 17.5. The molecule has 2 aliphatic rings. The van der Waals surface area contributed by atoms with Gasteiger partial charge < -0.3 is 10.2 Å². The number of fused-ring (bicyclic) bond motifs is 3. The molecule has 1 fully saturated rings. The Morgan fingerprint density at radius 3 is 2.16 bits per heavy atom. The molecule has 2 heterocycles. The second kappa shape index (κ2) is 8.80. The van der Waals surface area contributed by atoms with Gasteiger partial charge in [0.15, 0.2) is 0 Å². The Morgan fingerprint density at radius 1 is 0.938 bits per heavy atom. The first kappa shape index (κ1) is 20.8. The molecule has 2 aromatic carbocycles. The molecular weight excluding hydrogens is 422 g/mol. The Balaban J connectivity index is 1.18. The van der Waals surface area contributed by atoms with Crippen LogP contribution in [0.3, 0.4) is 0 Å². The van der Waals surface area contributed by atoms with Crippen molar-refractivity contribution in [1.82, 2.24) is 20.0 Å². The number of carbonyl (C=O) groups is 2. The highest BCUT2D eigenvalue weighted by Gasteiger charge is 2.34. The summed E-state index contributed by atoms with van der Waals surface area (Å²) in [4.78, 5) is 29.2. The lowest BCUT2D eigenvalue weighted by Gasteiger charge is -2.38. The highest BCUT2D eigenvalue weighted by Crippen LogP contribution is 2.46. The first-order chi connectivity index (χ1) is 15.6. The maximum atomic E-state index is 12.7. The average Bonchev–Trinajstić information content (AvgIpc) is 3.38. The summed E-state index contributed by atoms with van der Waals surface area (Å²) in [5.41, 5.74) is 5.31. The summed E-state index contributed by atoms with van der Waals surface area (Å²) in [6.45, 7) is 4.82. The van der Waals surface area contributed by atoms with Crippen LogP contribution in [-0.4, -0.2) is 58.0 Å². The van der Waals surface area contributed by atoms with Crippen molar-refractivity contribution < 1.29 is 9.59 Å². The van der Waals surface area contributed by atoms with E-state index in [1.54, 1.807) is 0 Å². The fourth-order valence-electron chi connectivity index (χ4n) is 4.66. The van der Waals surface area contributed by atoms with Gasteiger partial charge in [-0.3, -0.25) is 14.5 Å². The van der Waals surface area contributed by atoms with Gasteiger partial charge in [0, 0.05) is 39.0 Å². The summed E-state index contributed by atoms with van der Waals surface area (Å²) in [5.74, 6) is -0.173. The molecule has 1 aliphatic carbocycles. The molecule has 5 rings (SSSR count). The van der Waals surface area contributed by atoms with Gasteiger partial charge in [-0.1, -0.05) is 59.9 Å². The number of piperazine rings is 1. The predicted octanol–water partition coefficient (Wildman–Crippen LogP) is 3.48. The fourth-order valence-corrected chi connectivity index (χ4v) is 5.27. The zero-order chi connectivity index (χ0) is 22.1. The third-order valence-corrected chi connectivity index (χ3v) is 6.93. The molecule has 0 bridgehead atoms. The molecule has 32 heavy (non-hydrogen) atoms. The summed E-state index contributed by atoms with van der Waals surface area (Å²) in [6.07, 6.45) is 0.361. The van der Waals surface area contributed by atoms with Gasteiger partial charge in [-0.2, -0.15) is 0 Å². The normalized spacial score (nSPS) is 16.0. The summed E-state index contributed by atoms with van der Waals surface area (Å²) in [5, 5.41) is 11.7. The molecule has 8 heteroatoms. The highest BCUT2D eigenvalue weighted by atomic mass is 32.1. The van der Waals surface area contributed by atoms with Crippen molar-refractivity contribution in [2.24, 2.45) is 0 Å². The molecule has 3 aromatic rings. The van der Waals surface area contributed by atoms with E-state index in [2.05, 4.69) is 68.9 Å². The molecule has 0 atom stereocenters. The van der Waals surface area contributed by atoms with E-state index in [9.17, 15) is 9.59 Å². The van der Waals surface area contributed by atoms with Crippen LogP contribution in [-0.2, 0) is 9.59 Å². The topological polar surface area (TPSA) is 78.4 Å². The van der Waals surface area contributed by atoms with E-state index in [0.29, 0.717) is 18.2 Å². The molecule has 2 amide bonds. The summed E-state index contributed by atoms with van der Waals surface area (Å²) in [7, 11) is 0. The smallest absolute Gasteiger partial charge is 0.226 e. The van der Waals surface area contributed by atoms with E-state index in [1.807, 2.05) is 11.8 Å². The summed E-state index contributed by atoms with van der Waals surface area (Å²) < 4.78 is 0. The maximum Gasteiger partial charge on any atom is 0.226 e. The number of aryl methyl sites for hydroxylation is 1. The highest BCUT2D eigenvalue weighted by molar-refractivity contribution is 7.15. The molecule has 0 radical (unpaired) electrons. The van der Waals surface area contributed by atoms with Crippen LogP contribution in [0.15, 0.2) is 48.5 Å². The minimum atomic E-state index is -0.202. The number of rotatable bonds is 5. The SMILES string of the molecule is Cc1nnc(NC(=O)CCC(=O)N2CCN(C3c4ccccc4-c4ccccc43)CC2)s1. The zero-order valence-corrected chi connectivity index (χ0v) is 18.8. The van der Waals surface area contributed by atoms with Crippen LogP contribution in [0, 0.1) is 6.92 Å². The molecule has 7 nitrogen and oxygen atoms in total. The molecule has 1 N–H and O–H groups in total. The molecule has 0 saturated carbocycles. The number of nitrogens with zero attached hydrogens (tertiary/aromatic N) is 4. The van der Waals surface area contributed by atoms with Crippen LogP contribution in [0.4, 0.5) is 5.13 Å². The molecule has 164 valence electrons. The van der Waals surface area contributed by atoms with Crippen LogP contribution in [0.1, 0.15) is 35.0 Å². The van der Waals surface area contributed by atoms with Crippen LogP contribution in [0.5, 0.6) is 0 Å². The van der Waals surface area contributed by atoms with E-state index in [4.69, 9.17) is 0 Å². The Labute approximate surface area is 191 Å². The monoisotopic (exact) mass is 447 g/mol. The molecule has 1 aliphatic heterocycles. The largest absolute Gasteiger partial charge is 0.340 e. The van der Waals surface area contributed by atoms with Crippen molar-refractivity contribution in [3.63, 3.8) is 0 Å². The number of amides is 2. The predicted molar refractivity (Wildman–Crippen MR) is 124 cm³/mol. The number of carbonyl (C=O) groups excluding carboxylic acids is 2. The van der Waals surface area contributed by atoms with Gasteiger partial charge in [-0.15, -0.1) is 10.2 Å². The first-order valence-electron chi connectivity index (χ1n) is 10.9. The van der Waals surface area contributed by atoms with Crippen LogP contribution >= 0.6 is 11.3 Å². The third kappa shape index (κ3) is 4.03. The number of hydrogen-bond acceptors (Lipinski definition) is 6. The van der Waals surface area contributed by atoms with Crippen LogP contribution in [0.2, 0.25) is 0 Å². The lowest BCUT2D eigenvalue weighted by molar-refractivity contribution is -0.134. The third-order valence-electron chi connectivity index (χ3n) is 6.17. The van der Waals surface area contributed by atoms with Gasteiger partial charge in [0.25, 0.3) is 0 Å². The molecular formula is C24H25N5O2S. The van der Waals surface area contributed by atoms with Gasteiger partial charge in [0.2, 0.25) is 16.9 Å². The minimum Gasteiger partial charge on any atom is -0.340 e. The Hall–Kier alpha value is -3.10. The average molecular weight is 448 g/mol. The van der Waals surface area contributed by atoms with Gasteiger partial charge in [-0.05, 0) is 29.2 Å². The van der Waals surface area contributed by atoms with E-state index in [1.165, 1.54) is 33.6 Å². The molecule has 1 saturated heterocycles. The molecule has 0 unspecified atom stereocenters.